The van der Waals surface area contributed by atoms with E-state index in [4.69, 9.17) is 19.1 Å². The Morgan fingerprint density at radius 1 is 1.27 bits per heavy atom. The maximum atomic E-state index is 12.6. The van der Waals surface area contributed by atoms with E-state index in [2.05, 4.69) is 4.98 Å². The molecule has 1 saturated heterocycles. The highest BCUT2D eigenvalue weighted by atomic mass is 16.5. The van der Waals surface area contributed by atoms with Crippen LogP contribution in [0.2, 0.25) is 0 Å². The minimum absolute atomic E-state index is 0.0637. The monoisotopic (exact) mass is 417 g/mol. The first-order valence-corrected chi connectivity index (χ1v) is 9.50. The van der Waals surface area contributed by atoms with Gasteiger partial charge < -0.3 is 24.1 Å². The molecule has 30 heavy (non-hydrogen) atoms. The van der Waals surface area contributed by atoms with Gasteiger partial charge in [0, 0.05) is 19.2 Å². The fourth-order valence-electron chi connectivity index (χ4n) is 3.12. The fourth-order valence-corrected chi connectivity index (χ4v) is 3.12. The van der Waals surface area contributed by atoms with E-state index in [0.29, 0.717) is 30.5 Å². The van der Waals surface area contributed by atoms with E-state index >= 15 is 0 Å². The highest BCUT2D eigenvalue weighted by molar-refractivity contribution is 5.94. The average molecular weight is 417 g/mol. The highest BCUT2D eigenvalue weighted by Crippen LogP contribution is 2.24. The molecule has 0 bridgehead atoms. The van der Waals surface area contributed by atoms with Gasteiger partial charge in [0.25, 0.3) is 6.47 Å². The first-order valence-electron chi connectivity index (χ1n) is 9.50. The molecule has 3 rings (SSSR count). The second-order valence-electron chi connectivity index (χ2n) is 6.94. The minimum atomic E-state index is -0.540. The van der Waals surface area contributed by atoms with Crippen LogP contribution < -0.4 is 0 Å². The summed E-state index contributed by atoms with van der Waals surface area (Å²) in [5, 5.41) is 6.89. The van der Waals surface area contributed by atoms with Crippen LogP contribution in [0, 0.1) is 13.8 Å². The molecule has 2 aromatic rings. The van der Waals surface area contributed by atoms with Crippen molar-refractivity contribution in [3.63, 3.8) is 0 Å². The van der Waals surface area contributed by atoms with Crippen LogP contribution in [-0.4, -0.2) is 71.0 Å². The Bertz CT molecular complexity index is 877. The van der Waals surface area contributed by atoms with Crippen LogP contribution in [-0.2, 0) is 25.7 Å². The Morgan fingerprint density at radius 3 is 2.50 bits per heavy atom. The highest BCUT2D eigenvalue weighted by Gasteiger charge is 2.36. The number of carbonyl (C=O) groups is 3. The van der Waals surface area contributed by atoms with Crippen molar-refractivity contribution in [3.05, 3.63) is 41.3 Å². The number of carbonyl (C=O) groups excluding carboxylic acids is 2. The summed E-state index contributed by atoms with van der Waals surface area (Å²) in [5.74, 6) is 0.997. The van der Waals surface area contributed by atoms with Crippen LogP contribution >= 0.6 is 0 Å². The molecule has 0 radical (unpaired) electrons. The Hall–Kier alpha value is -3.20. The number of carboxylic acid groups (broad SMARTS) is 1. The summed E-state index contributed by atoms with van der Waals surface area (Å²) in [6.07, 6.45) is 0. The Labute approximate surface area is 175 Å². The summed E-state index contributed by atoms with van der Waals surface area (Å²) in [4.78, 5) is 41.2. The number of aromatic nitrogens is 1. The lowest BCUT2D eigenvalue weighted by molar-refractivity contribution is -0.156. The van der Waals surface area contributed by atoms with E-state index in [1.54, 1.807) is 23.8 Å². The summed E-state index contributed by atoms with van der Waals surface area (Å²) in [5.41, 5.74) is 2.71. The van der Waals surface area contributed by atoms with Crippen molar-refractivity contribution < 1.29 is 28.6 Å². The zero-order valence-corrected chi connectivity index (χ0v) is 17.6. The van der Waals surface area contributed by atoms with E-state index in [9.17, 15) is 9.59 Å². The van der Waals surface area contributed by atoms with Crippen molar-refractivity contribution in [2.75, 3.05) is 26.8 Å². The standard InChI is InChI=1S/C20H25N3O4.CH2O2/c1-13-5-7-16(8-6-13)19-21-17(15(3)27-19)11-23-14(2)20(25)22(9-10-26-4)12-18(23)24;2-1-3/h5-8,14H,9-12H2,1-4H3;1H,(H,2,3)/t14-;/m0./s1. The van der Waals surface area contributed by atoms with E-state index in [-0.39, 0.29) is 31.4 Å². The third-order valence-electron chi connectivity index (χ3n) is 4.86. The largest absolute Gasteiger partial charge is 0.483 e. The summed E-state index contributed by atoms with van der Waals surface area (Å²) in [6.45, 7) is 6.49. The summed E-state index contributed by atoms with van der Waals surface area (Å²) >= 11 is 0. The number of oxazole rings is 1. The molecule has 162 valence electrons. The molecule has 1 fully saturated rings. The topological polar surface area (TPSA) is 113 Å². The van der Waals surface area contributed by atoms with Crippen molar-refractivity contribution in [1.29, 1.82) is 0 Å². The number of rotatable bonds is 6. The Kier molecular flexibility index (Phi) is 8.11. The number of benzene rings is 1. The second kappa shape index (κ2) is 10.5. The first kappa shape index (κ1) is 23.1. The normalized spacial score (nSPS) is 16.3. The number of nitrogens with zero attached hydrogens (tertiary/aromatic N) is 3. The smallest absolute Gasteiger partial charge is 0.290 e. The molecule has 9 heteroatoms. The summed E-state index contributed by atoms with van der Waals surface area (Å²) in [7, 11) is 1.57. The first-order chi connectivity index (χ1) is 14.3. The molecule has 1 atom stereocenters. The van der Waals surface area contributed by atoms with Crippen LogP contribution in [0.3, 0.4) is 0 Å². The molecule has 0 saturated carbocycles. The zero-order chi connectivity index (χ0) is 22.3. The number of piperazine rings is 1. The van der Waals surface area contributed by atoms with Gasteiger partial charge in [0.2, 0.25) is 17.7 Å². The van der Waals surface area contributed by atoms with Gasteiger partial charge in [0.1, 0.15) is 17.5 Å². The summed E-state index contributed by atoms with van der Waals surface area (Å²) < 4.78 is 10.8. The molecule has 1 aromatic carbocycles. The van der Waals surface area contributed by atoms with Crippen molar-refractivity contribution in [1.82, 2.24) is 14.8 Å². The molecule has 1 aromatic heterocycles. The second-order valence-corrected chi connectivity index (χ2v) is 6.94. The summed E-state index contributed by atoms with van der Waals surface area (Å²) in [6, 6.07) is 7.37. The lowest BCUT2D eigenvalue weighted by Gasteiger charge is -2.38. The molecule has 1 aliphatic heterocycles. The van der Waals surface area contributed by atoms with Crippen LogP contribution in [0.5, 0.6) is 0 Å². The van der Waals surface area contributed by atoms with Gasteiger partial charge in [0.05, 0.1) is 19.7 Å². The number of methoxy groups -OCH3 is 1. The van der Waals surface area contributed by atoms with Gasteiger partial charge in [-0.15, -0.1) is 0 Å². The lowest BCUT2D eigenvalue weighted by atomic mass is 10.1. The third-order valence-corrected chi connectivity index (χ3v) is 4.86. The van der Waals surface area contributed by atoms with Crippen LogP contribution in [0.1, 0.15) is 23.9 Å². The van der Waals surface area contributed by atoms with Crippen molar-refractivity contribution in [3.8, 4) is 11.5 Å². The van der Waals surface area contributed by atoms with E-state index in [0.717, 1.165) is 11.1 Å². The average Bonchev–Trinajstić information content (AvgIpc) is 3.08. The van der Waals surface area contributed by atoms with Crippen LogP contribution in [0.15, 0.2) is 28.7 Å². The van der Waals surface area contributed by atoms with Crippen LogP contribution in [0.25, 0.3) is 11.5 Å². The number of hydrogen-bond acceptors (Lipinski definition) is 6. The molecule has 0 aliphatic carbocycles. The van der Waals surface area contributed by atoms with Gasteiger partial charge in [0.15, 0.2) is 0 Å². The van der Waals surface area contributed by atoms with Gasteiger partial charge in [-0.3, -0.25) is 14.4 Å². The molecule has 0 unspecified atom stereocenters. The predicted molar refractivity (Wildman–Crippen MR) is 109 cm³/mol. The fraction of sp³-hybridized carbons (Fsp3) is 0.429. The molecular formula is C21H27N3O6. The zero-order valence-electron chi connectivity index (χ0n) is 17.6. The third kappa shape index (κ3) is 5.44. The molecule has 1 aliphatic rings. The Morgan fingerprint density at radius 2 is 1.90 bits per heavy atom. The van der Waals surface area contributed by atoms with Gasteiger partial charge in [-0.2, -0.15) is 0 Å². The molecule has 2 heterocycles. The van der Waals surface area contributed by atoms with Crippen molar-refractivity contribution in [2.45, 2.75) is 33.4 Å². The van der Waals surface area contributed by atoms with E-state index < -0.39 is 6.04 Å². The number of amides is 2. The SMILES string of the molecule is COCCN1CC(=O)N(Cc2nc(-c3ccc(C)cc3)oc2C)[C@@H](C)C1=O.O=CO. The van der Waals surface area contributed by atoms with Crippen LogP contribution in [0.4, 0.5) is 0 Å². The Balaban J connectivity index is 0.00000101. The van der Waals surface area contributed by atoms with Gasteiger partial charge >= 0.3 is 0 Å². The molecular weight excluding hydrogens is 390 g/mol. The quantitative estimate of drug-likeness (QED) is 0.714. The van der Waals surface area contributed by atoms with Crippen molar-refractivity contribution >= 4 is 18.3 Å². The lowest BCUT2D eigenvalue weighted by Crippen LogP contribution is -2.58. The molecule has 9 nitrogen and oxygen atoms in total. The van der Waals surface area contributed by atoms with E-state index in [1.807, 2.05) is 38.1 Å². The maximum Gasteiger partial charge on any atom is 0.290 e. The van der Waals surface area contributed by atoms with Gasteiger partial charge in [-0.25, -0.2) is 4.98 Å². The number of aryl methyl sites for hydroxylation is 2. The van der Waals surface area contributed by atoms with Crippen molar-refractivity contribution in [2.24, 2.45) is 0 Å². The van der Waals surface area contributed by atoms with E-state index in [1.165, 1.54) is 0 Å². The molecule has 2 amide bonds. The number of hydrogen-bond donors (Lipinski definition) is 1. The predicted octanol–water partition coefficient (Wildman–Crippen LogP) is 1.86. The van der Waals surface area contributed by atoms with Gasteiger partial charge in [-0.05, 0) is 32.9 Å². The van der Waals surface area contributed by atoms with Gasteiger partial charge in [-0.1, -0.05) is 17.7 Å². The minimum Gasteiger partial charge on any atom is -0.483 e. The molecule has 1 N–H and O–H groups in total. The maximum absolute atomic E-state index is 12.6. The molecule has 0 spiro atoms. The number of ether oxygens (including phenoxy) is 1.